The molecule has 17 heavy (non-hydrogen) atoms. The van der Waals surface area contributed by atoms with Crippen LogP contribution < -0.4 is 0 Å². The van der Waals surface area contributed by atoms with Crippen molar-refractivity contribution < 1.29 is 33.8 Å². The second-order valence-corrected chi connectivity index (χ2v) is 8.74. The molecule has 0 bridgehead atoms. The van der Waals surface area contributed by atoms with Crippen LogP contribution in [-0.2, 0) is 9.13 Å². The molecular formula is C8H18O7P2. The van der Waals surface area contributed by atoms with Gasteiger partial charge in [0.1, 0.15) is 0 Å². The number of hydrogen-bond donors (Lipinski definition) is 5. The zero-order valence-electron chi connectivity index (χ0n) is 9.43. The molecule has 0 aromatic heterocycles. The molecule has 0 aromatic rings. The monoisotopic (exact) mass is 288 g/mol. The minimum atomic E-state index is -5.30. The Morgan fingerprint density at radius 3 is 1.88 bits per heavy atom. The van der Waals surface area contributed by atoms with Crippen molar-refractivity contribution in [2.45, 2.75) is 37.7 Å². The normalized spacial score (nSPS) is 27.4. The van der Waals surface area contributed by atoms with Crippen LogP contribution in [0.4, 0.5) is 0 Å². The summed E-state index contributed by atoms with van der Waals surface area (Å²) in [5, 5.41) is 6.49. The molecule has 102 valence electrons. The fourth-order valence-corrected chi connectivity index (χ4v) is 4.59. The molecule has 1 fully saturated rings. The summed E-state index contributed by atoms with van der Waals surface area (Å²) in [7, 11) is -10.6. The van der Waals surface area contributed by atoms with Crippen LogP contribution in [0.1, 0.15) is 32.6 Å². The Morgan fingerprint density at radius 1 is 1.12 bits per heavy atom. The van der Waals surface area contributed by atoms with Crippen LogP contribution in [0.3, 0.4) is 0 Å². The highest BCUT2D eigenvalue weighted by Gasteiger charge is 2.60. The second-order valence-electron chi connectivity index (χ2n) is 4.73. The number of rotatable bonds is 4. The van der Waals surface area contributed by atoms with Crippen molar-refractivity contribution in [2.75, 3.05) is 0 Å². The van der Waals surface area contributed by atoms with Gasteiger partial charge in [0.2, 0.25) is 0 Å². The summed E-state index contributed by atoms with van der Waals surface area (Å²) in [5.74, 6) is -0.181. The van der Waals surface area contributed by atoms with Gasteiger partial charge in [-0.05, 0) is 11.8 Å². The smallest absolute Gasteiger partial charge is 0.368 e. The molecule has 1 aliphatic carbocycles. The maximum Gasteiger partial charge on any atom is 0.369 e. The number of hydrogen-bond acceptors (Lipinski definition) is 3. The average Bonchev–Trinajstić information content (AvgIpc) is 2.47. The summed E-state index contributed by atoms with van der Waals surface area (Å²) in [6, 6.07) is 0. The van der Waals surface area contributed by atoms with Gasteiger partial charge in [-0.25, -0.2) is 0 Å². The van der Waals surface area contributed by atoms with Crippen LogP contribution in [0, 0.1) is 11.8 Å². The lowest BCUT2D eigenvalue weighted by molar-refractivity contribution is 0.101. The molecule has 5 N–H and O–H groups in total. The van der Waals surface area contributed by atoms with Crippen molar-refractivity contribution in [2.24, 2.45) is 11.8 Å². The van der Waals surface area contributed by atoms with Crippen molar-refractivity contribution >= 4 is 15.2 Å². The fraction of sp³-hybridized carbons (Fsp3) is 1.00. The highest BCUT2D eigenvalue weighted by molar-refractivity contribution is 7.72. The minimum Gasteiger partial charge on any atom is -0.368 e. The predicted octanol–water partition coefficient (Wildman–Crippen LogP) is 0.814. The highest BCUT2D eigenvalue weighted by atomic mass is 31.2. The zero-order chi connectivity index (χ0) is 13.5. The van der Waals surface area contributed by atoms with E-state index in [1.165, 1.54) is 0 Å². The van der Waals surface area contributed by atoms with Crippen LogP contribution >= 0.6 is 15.2 Å². The molecule has 0 radical (unpaired) electrons. The summed E-state index contributed by atoms with van der Waals surface area (Å²) in [5.41, 5.74) is 0. The first-order valence-electron chi connectivity index (χ1n) is 5.32. The third-order valence-electron chi connectivity index (χ3n) is 3.51. The maximum atomic E-state index is 11.1. The molecule has 0 heterocycles. The first kappa shape index (κ1) is 15.3. The van der Waals surface area contributed by atoms with Crippen LogP contribution in [0.5, 0.6) is 0 Å². The molecule has 7 nitrogen and oxygen atoms in total. The quantitative estimate of drug-likeness (QED) is 0.483. The lowest BCUT2D eigenvalue weighted by atomic mass is 9.95. The van der Waals surface area contributed by atoms with E-state index in [9.17, 15) is 14.2 Å². The Hall–Kier alpha value is 0.260. The van der Waals surface area contributed by atoms with E-state index in [2.05, 4.69) is 0 Å². The molecule has 2 atom stereocenters. The maximum absolute atomic E-state index is 11.1. The van der Waals surface area contributed by atoms with Crippen molar-refractivity contribution in [3.05, 3.63) is 0 Å². The summed E-state index contributed by atoms with van der Waals surface area (Å²) in [4.78, 5) is 36.0. The zero-order valence-corrected chi connectivity index (χ0v) is 11.2. The largest absolute Gasteiger partial charge is 0.369 e. The first-order valence-corrected chi connectivity index (χ1v) is 8.55. The van der Waals surface area contributed by atoms with Gasteiger partial charge < -0.3 is 24.7 Å². The van der Waals surface area contributed by atoms with E-state index >= 15 is 0 Å². The molecule has 0 aromatic carbocycles. The lowest BCUT2D eigenvalue weighted by Gasteiger charge is -2.32. The van der Waals surface area contributed by atoms with Gasteiger partial charge in [0.25, 0.3) is 5.08 Å². The molecule has 0 amide bonds. The van der Waals surface area contributed by atoms with E-state index in [4.69, 9.17) is 19.6 Å². The highest BCUT2D eigenvalue weighted by Crippen LogP contribution is 2.70. The Bertz CT molecular complexity index is 348. The van der Waals surface area contributed by atoms with Crippen LogP contribution in [0.25, 0.3) is 0 Å². The average molecular weight is 288 g/mol. The second kappa shape index (κ2) is 4.74. The Balaban J connectivity index is 3.01. The van der Waals surface area contributed by atoms with Crippen LogP contribution in [0.15, 0.2) is 0 Å². The molecule has 0 spiro atoms. The third kappa shape index (κ3) is 2.99. The van der Waals surface area contributed by atoms with Crippen molar-refractivity contribution in [1.29, 1.82) is 0 Å². The van der Waals surface area contributed by atoms with Crippen molar-refractivity contribution in [1.82, 2.24) is 0 Å². The van der Waals surface area contributed by atoms with Gasteiger partial charge in [0.05, 0.1) is 0 Å². The summed E-state index contributed by atoms with van der Waals surface area (Å²) >= 11 is 0. The predicted molar refractivity (Wildman–Crippen MR) is 60.2 cm³/mol. The van der Waals surface area contributed by atoms with Gasteiger partial charge in [-0.15, -0.1) is 0 Å². The van der Waals surface area contributed by atoms with E-state index in [-0.39, 0.29) is 11.8 Å². The lowest BCUT2D eigenvalue weighted by Crippen LogP contribution is -2.32. The Morgan fingerprint density at radius 2 is 1.59 bits per heavy atom. The summed E-state index contributed by atoms with van der Waals surface area (Å²) in [6.45, 7) is 1.84. The summed E-state index contributed by atoms with van der Waals surface area (Å²) < 4.78 is 22.3. The third-order valence-corrected chi connectivity index (χ3v) is 7.30. The van der Waals surface area contributed by atoms with E-state index in [1.807, 2.05) is 6.92 Å². The molecule has 9 heteroatoms. The van der Waals surface area contributed by atoms with Gasteiger partial charge in [0.15, 0.2) is 0 Å². The molecule has 0 saturated heterocycles. The van der Waals surface area contributed by atoms with Gasteiger partial charge in [-0.3, -0.25) is 9.13 Å². The van der Waals surface area contributed by atoms with Crippen molar-refractivity contribution in [3.63, 3.8) is 0 Å². The fourth-order valence-electron chi connectivity index (χ4n) is 2.28. The standard InChI is InChI=1S/C8H18O7P2/c1-6-3-2-4-7(6)5-8(9,16(10,11)12)17(13,14)15/h6-7,9H,2-5H2,1H3,(H2,10,11,12)(H2,13,14,15). The van der Waals surface area contributed by atoms with Crippen LogP contribution in [0.2, 0.25) is 0 Å². The van der Waals surface area contributed by atoms with E-state index in [1.54, 1.807) is 0 Å². The van der Waals surface area contributed by atoms with Crippen LogP contribution in [-0.4, -0.2) is 29.8 Å². The molecular weight excluding hydrogens is 270 g/mol. The molecule has 0 aliphatic heterocycles. The van der Waals surface area contributed by atoms with E-state index in [0.29, 0.717) is 6.42 Å². The molecule has 1 rings (SSSR count). The minimum absolute atomic E-state index is 0.0969. The van der Waals surface area contributed by atoms with Gasteiger partial charge in [0, 0.05) is 6.42 Å². The Labute approximate surface area is 99.2 Å². The first-order chi connectivity index (χ1) is 7.49. The van der Waals surface area contributed by atoms with Gasteiger partial charge in [-0.2, -0.15) is 0 Å². The Kier molecular flexibility index (Phi) is 4.27. The van der Waals surface area contributed by atoms with Crippen molar-refractivity contribution in [3.8, 4) is 0 Å². The molecule has 1 aliphatic rings. The molecule has 2 unspecified atom stereocenters. The number of aliphatic hydroxyl groups is 1. The topological polar surface area (TPSA) is 135 Å². The molecule has 1 saturated carbocycles. The van der Waals surface area contributed by atoms with E-state index in [0.717, 1.165) is 12.8 Å². The van der Waals surface area contributed by atoms with E-state index < -0.39 is 26.7 Å². The SMILES string of the molecule is CC1CCCC1CC(O)(P(=O)(O)O)P(=O)(O)O. The summed E-state index contributed by atoms with van der Waals surface area (Å²) in [6.07, 6.45) is 1.72. The van der Waals surface area contributed by atoms with Gasteiger partial charge in [-0.1, -0.05) is 26.2 Å². The van der Waals surface area contributed by atoms with Gasteiger partial charge >= 0.3 is 15.2 Å².